The van der Waals surface area contributed by atoms with E-state index in [1.54, 1.807) is 37.3 Å². The van der Waals surface area contributed by atoms with E-state index in [0.717, 1.165) is 32.1 Å². The van der Waals surface area contributed by atoms with Gasteiger partial charge in [-0.2, -0.15) is 0 Å². The summed E-state index contributed by atoms with van der Waals surface area (Å²) in [4.78, 5) is 27.8. The number of Topliss-reactive ketones (excluding diaryl/α,β-unsaturated/α-hetero) is 1. The molecular formula is C40H49BMoN7O5+. The summed E-state index contributed by atoms with van der Waals surface area (Å²) in [7, 11) is -0.194. The van der Waals surface area contributed by atoms with Gasteiger partial charge in [-0.15, -0.1) is 6.58 Å². The Balaban J connectivity index is 0.000000399. The Bertz CT molecular complexity index is 1580. The van der Waals surface area contributed by atoms with Gasteiger partial charge in [0.15, 0.2) is 0 Å². The minimum absolute atomic E-state index is 0. The van der Waals surface area contributed by atoms with Gasteiger partial charge in [0.25, 0.3) is 7.12 Å². The molecule has 282 valence electrons. The minimum atomic E-state index is -0.308. The summed E-state index contributed by atoms with van der Waals surface area (Å²) in [6.07, 6.45) is 24.7. The van der Waals surface area contributed by atoms with Gasteiger partial charge in [-0.1, -0.05) is 63.6 Å². The van der Waals surface area contributed by atoms with Crippen molar-refractivity contribution < 1.29 is 44.7 Å². The number of aromatic nitrogens is 6. The Kier molecular flexibility index (Phi) is 20.6. The molecule has 54 heavy (non-hydrogen) atoms. The normalized spacial score (nSPS) is 19.2. The Labute approximate surface area is 334 Å². The zero-order valence-corrected chi connectivity index (χ0v) is 33.2. The molecule has 2 fully saturated rings. The van der Waals surface area contributed by atoms with Crippen molar-refractivity contribution in [2.45, 2.75) is 95.7 Å². The second-order valence-electron chi connectivity index (χ2n) is 13.3. The molecule has 1 saturated carbocycles. The number of hydrogen-bond donors (Lipinski definition) is 0. The molecule has 1 aromatic carbocycles. The summed E-state index contributed by atoms with van der Waals surface area (Å²) >= 11 is 0. The summed E-state index contributed by atoms with van der Waals surface area (Å²) < 4.78 is 26.7. The summed E-state index contributed by atoms with van der Waals surface area (Å²) in [5.74, 6) is 0.435. The number of ketones is 1. The van der Waals surface area contributed by atoms with E-state index >= 15 is 0 Å². The molecule has 4 aromatic rings. The van der Waals surface area contributed by atoms with E-state index in [9.17, 15) is 9.59 Å². The molecule has 6 rings (SSSR count). The molecule has 1 saturated heterocycles. The largest absolute Gasteiger partial charge is 2.00 e. The van der Waals surface area contributed by atoms with E-state index in [2.05, 4.69) is 73.3 Å². The monoisotopic (exact) mass is 816 g/mol. The fourth-order valence-electron chi connectivity index (χ4n) is 7.12. The molecule has 0 N–H and O–H groups in total. The van der Waals surface area contributed by atoms with Gasteiger partial charge in [-0.05, 0) is 99.1 Å². The first-order valence-corrected chi connectivity index (χ1v) is 17.9. The maximum absolute atomic E-state index is 13.6. The van der Waals surface area contributed by atoms with Gasteiger partial charge in [0.2, 0.25) is 0 Å². The number of ether oxygens (including phenoxy) is 1. The minimum Gasteiger partial charge on any atom is -0.425 e. The molecule has 1 amide bonds. The molecule has 1 aliphatic carbocycles. The summed E-state index contributed by atoms with van der Waals surface area (Å²) in [6.45, 7) is 19.4. The van der Waals surface area contributed by atoms with Crippen LogP contribution in [0.5, 0.6) is 0 Å². The van der Waals surface area contributed by atoms with Crippen LogP contribution in [0.4, 0.5) is 4.79 Å². The molecule has 4 heterocycles. The van der Waals surface area contributed by atoms with Crippen molar-refractivity contribution in [3.05, 3.63) is 136 Å². The van der Waals surface area contributed by atoms with Gasteiger partial charge < -0.3 is 23.4 Å². The zero-order chi connectivity index (χ0) is 38.6. The Morgan fingerprint density at radius 1 is 0.889 bits per heavy atom. The fourth-order valence-corrected chi connectivity index (χ4v) is 7.12. The Morgan fingerprint density at radius 3 is 1.93 bits per heavy atom. The van der Waals surface area contributed by atoms with Gasteiger partial charge in [-0.3, -0.25) is 4.79 Å². The molecule has 0 unspecified atom stereocenters. The van der Waals surface area contributed by atoms with E-state index in [-0.39, 0.29) is 69.6 Å². The number of carbonyl (C=O) groups is 2. The van der Waals surface area contributed by atoms with Crippen molar-refractivity contribution in [2.24, 2.45) is 5.92 Å². The first-order valence-electron chi connectivity index (χ1n) is 17.9. The standard InChI is InChI=1S/C29H40NO3.C9H9BN6.2CO.Mo/c1-5-13-23-17-12-18-24(21-25(31)14-6-2)30(23)28(32)33-27-20-11-10-19-26(27)29(3,4)22-15-8-7-9-16-22;1-4-11-14(7-1)10(15-8-2-5-12-15)16-9-3-6-13-16;2*1-2;/h5,7-9,12,15-18,23-24,26-27H,1,6,10-11,13-14,19-21H2,2-4H3;1-9H;;;/q;-1;;;+2/t23-,24-,26+,27+;;;;/m1..../s1. The molecule has 4 atom stereocenters. The third kappa shape index (κ3) is 12.4. The van der Waals surface area contributed by atoms with Gasteiger partial charge in [0.05, 0.1) is 0 Å². The molecule has 14 heteroatoms. The molecule has 0 bridgehead atoms. The van der Waals surface area contributed by atoms with Crippen LogP contribution in [0.25, 0.3) is 0 Å². The Hall–Kier alpha value is -4.24. The number of nitrogens with zero attached hydrogens (tertiary/aromatic N) is 7. The summed E-state index contributed by atoms with van der Waals surface area (Å²) in [5, 5.41) is 12.7. The van der Waals surface area contributed by atoms with Crippen LogP contribution in [-0.2, 0) is 45.3 Å². The van der Waals surface area contributed by atoms with Gasteiger partial charge in [-0.25, -0.2) is 20.1 Å². The van der Waals surface area contributed by atoms with E-state index in [4.69, 9.17) is 14.0 Å². The maximum atomic E-state index is 13.6. The molecule has 12 nitrogen and oxygen atoms in total. The van der Waals surface area contributed by atoms with Crippen LogP contribution in [0.15, 0.2) is 98.4 Å². The predicted molar refractivity (Wildman–Crippen MR) is 200 cm³/mol. The van der Waals surface area contributed by atoms with Crippen LogP contribution >= 0.6 is 0 Å². The molecule has 1 aliphatic heterocycles. The average Bonchev–Trinajstić information content (AvgIpc) is 4.01. The van der Waals surface area contributed by atoms with E-state index < -0.39 is 0 Å². The zero-order valence-electron chi connectivity index (χ0n) is 31.2. The summed E-state index contributed by atoms with van der Waals surface area (Å²) in [6, 6.07) is 15.8. The van der Waals surface area contributed by atoms with Crippen LogP contribution in [0.3, 0.4) is 0 Å². The second-order valence-corrected chi connectivity index (χ2v) is 13.3. The van der Waals surface area contributed by atoms with E-state index in [1.807, 2.05) is 75.1 Å². The van der Waals surface area contributed by atoms with E-state index in [1.165, 1.54) is 5.56 Å². The van der Waals surface area contributed by atoms with Crippen LogP contribution < -0.4 is 0 Å². The van der Waals surface area contributed by atoms with Crippen molar-refractivity contribution in [2.75, 3.05) is 0 Å². The van der Waals surface area contributed by atoms with Crippen molar-refractivity contribution in [3.8, 4) is 0 Å². The third-order valence-corrected chi connectivity index (χ3v) is 9.65. The number of amides is 1. The quantitative estimate of drug-likeness (QED) is 0.0669. The van der Waals surface area contributed by atoms with Crippen LogP contribution in [-0.4, -0.2) is 71.2 Å². The predicted octanol–water partition coefficient (Wildman–Crippen LogP) is 6.79. The molecule has 2 aliphatic rings. The van der Waals surface area contributed by atoms with Crippen LogP contribution in [0.2, 0.25) is 0 Å². The third-order valence-electron chi connectivity index (χ3n) is 9.65. The van der Waals surface area contributed by atoms with Gasteiger partial charge >= 0.3 is 49.8 Å². The average molecular weight is 815 g/mol. The first-order chi connectivity index (χ1) is 25.8. The van der Waals surface area contributed by atoms with Crippen LogP contribution in [0, 0.1) is 38.5 Å². The van der Waals surface area contributed by atoms with Gasteiger partial charge in [0.1, 0.15) is 11.9 Å². The smallest absolute Gasteiger partial charge is 0.425 e. The van der Waals surface area contributed by atoms with Crippen molar-refractivity contribution in [1.82, 2.24) is 34.0 Å². The van der Waals surface area contributed by atoms with Crippen LogP contribution in [0.1, 0.15) is 77.7 Å². The second kappa shape index (κ2) is 24.2. The number of carbonyl (C=O) groups excluding carboxylic acids is 2. The summed E-state index contributed by atoms with van der Waals surface area (Å²) in [5.41, 5.74) is 1.18. The van der Waals surface area contributed by atoms with Crippen molar-refractivity contribution >= 4 is 19.0 Å². The van der Waals surface area contributed by atoms with Crippen molar-refractivity contribution in [1.29, 1.82) is 0 Å². The number of likely N-dealkylation sites (tertiary alicyclic amines) is 1. The number of benzene rings is 1. The topological polar surface area (TPSA) is 140 Å². The molecule has 4 radical (unpaired) electrons. The molecule has 0 spiro atoms. The van der Waals surface area contributed by atoms with E-state index in [0.29, 0.717) is 19.3 Å². The van der Waals surface area contributed by atoms with Gasteiger partial charge in [0, 0.05) is 49.4 Å². The SMILES string of the molecule is C=CC[C@@H]1[CH][CH][CH][C@H](CC(=O)CCC)N1C(=O)O[C@H]1CCCC[C@@H]1C(C)(C)c1ccccc1.[C-]#[O+].[C-]#[O+].[Mo+2].c1cnn([B-](n2cccn2)n2cccn2)c1. The molecular weight excluding hydrogens is 765 g/mol. The molecule has 3 aromatic heterocycles. The first kappa shape index (κ1) is 45.9. The number of piperidine rings is 1. The maximum Gasteiger partial charge on any atom is 2.00 e. The fraction of sp³-hybridized carbons (Fsp3) is 0.400. The van der Waals surface area contributed by atoms with Crippen molar-refractivity contribution in [3.63, 3.8) is 0 Å². The number of hydrogen-bond acceptors (Lipinski definition) is 6. The Morgan fingerprint density at radius 2 is 1.43 bits per heavy atom. The number of rotatable bonds is 12.